The molecule has 2 rings (SSSR count). The van der Waals surface area contributed by atoms with Gasteiger partial charge in [-0.15, -0.1) is 0 Å². The zero-order valence-electron chi connectivity index (χ0n) is 12.2. The highest BCUT2D eigenvalue weighted by atomic mass is 19.1. The van der Waals surface area contributed by atoms with Crippen LogP contribution in [-0.2, 0) is 6.54 Å². The maximum absolute atomic E-state index is 14.1. The van der Waals surface area contributed by atoms with Gasteiger partial charge in [-0.25, -0.2) is 4.39 Å². The van der Waals surface area contributed by atoms with E-state index in [1.807, 2.05) is 41.3 Å². The molecule has 21 heavy (non-hydrogen) atoms. The third-order valence-corrected chi connectivity index (χ3v) is 3.41. The zero-order valence-corrected chi connectivity index (χ0v) is 12.2. The molecule has 3 N–H and O–H groups in total. The predicted octanol–water partition coefficient (Wildman–Crippen LogP) is 2.84. The van der Waals surface area contributed by atoms with Gasteiger partial charge in [0, 0.05) is 30.4 Å². The van der Waals surface area contributed by atoms with Gasteiger partial charge in [0.05, 0.1) is 6.61 Å². The average molecular weight is 288 g/mol. The Balaban J connectivity index is 2.36. The normalized spacial score (nSPS) is 12.2. The van der Waals surface area contributed by atoms with Crippen molar-refractivity contribution in [2.75, 3.05) is 18.1 Å². The van der Waals surface area contributed by atoms with E-state index in [2.05, 4.69) is 0 Å². The van der Waals surface area contributed by atoms with Crippen molar-refractivity contribution < 1.29 is 9.50 Å². The van der Waals surface area contributed by atoms with Gasteiger partial charge in [-0.3, -0.25) is 0 Å². The Morgan fingerprint density at radius 1 is 1.14 bits per heavy atom. The fraction of sp³-hybridized carbons (Fsp3) is 0.294. The molecular weight excluding hydrogens is 267 g/mol. The average Bonchev–Trinajstić information content (AvgIpc) is 2.47. The van der Waals surface area contributed by atoms with E-state index >= 15 is 0 Å². The van der Waals surface area contributed by atoms with Gasteiger partial charge in [-0.2, -0.15) is 0 Å². The second-order valence-corrected chi connectivity index (χ2v) is 5.09. The molecule has 0 bridgehead atoms. The van der Waals surface area contributed by atoms with E-state index in [0.717, 1.165) is 11.3 Å². The largest absolute Gasteiger partial charge is 0.395 e. The summed E-state index contributed by atoms with van der Waals surface area (Å²) in [6.07, 6.45) is 0. The lowest BCUT2D eigenvalue weighted by atomic mass is 10.0. The van der Waals surface area contributed by atoms with Crippen molar-refractivity contribution in [1.29, 1.82) is 0 Å². The summed E-state index contributed by atoms with van der Waals surface area (Å²) in [7, 11) is 0. The van der Waals surface area contributed by atoms with Crippen molar-refractivity contribution in [2.24, 2.45) is 5.73 Å². The summed E-state index contributed by atoms with van der Waals surface area (Å²) in [5.41, 5.74) is 8.24. The molecule has 112 valence electrons. The molecule has 0 aliphatic rings. The number of aliphatic hydroxyl groups excluding tert-OH is 1. The van der Waals surface area contributed by atoms with Crippen molar-refractivity contribution in [3.63, 3.8) is 0 Å². The monoisotopic (exact) mass is 288 g/mol. The minimum atomic E-state index is -0.404. The van der Waals surface area contributed by atoms with Crippen LogP contribution in [0.5, 0.6) is 0 Å². The summed E-state index contributed by atoms with van der Waals surface area (Å²) in [6.45, 7) is 2.80. The van der Waals surface area contributed by atoms with Crippen LogP contribution in [0.3, 0.4) is 0 Å². The third kappa shape index (κ3) is 3.80. The zero-order chi connectivity index (χ0) is 15.2. The van der Waals surface area contributed by atoms with E-state index in [4.69, 9.17) is 5.73 Å². The van der Waals surface area contributed by atoms with Crippen LogP contribution in [0.1, 0.15) is 24.1 Å². The van der Waals surface area contributed by atoms with Crippen LogP contribution >= 0.6 is 0 Å². The van der Waals surface area contributed by atoms with Gasteiger partial charge in [-0.1, -0.05) is 36.4 Å². The molecule has 4 heteroatoms. The molecule has 2 aromatic carbocycles. The Kier molecular flexibility index (Phi) is 5.31. The van der Waals surface area contributed by atoms with Crippen molar-refractivity contribution >= 4 is 5.69 Å². The third-order valence-electron chi connectivity index (χ3n) is 3.41. The molecular formula is C17H21FN2O. The molecule has 0 spiro atoms. The van der Waals surface area contributed by atoms with Crippen LogP contribution in [-0.4, -0.2) is 18.3 Å². The topological polar surface area (TPSA) is 49.5 Å². The van der Waals surface area contributed by atoms with Crippen LogP contribution < -0.4 is 10.6 Å². The Bertz CT molecular complexity index is 572. The number of aliphatic hydroxyl groups is 1. The van der Waals surface area contributed by atoms with Crippen molar-refractivity contribution in [1.82, 2.24) is 0 Å². The number of nitrogens with zero attached hydrogens (tertiary/aromatic N) is 1. The van der Waals surface area contributed by atoms with Gasteiger partial charge in [0.15, 0.2) is 0 Å². The molecule has 0 unspecified atom stereocenters. The minimum Gasteiger partial charge on any atom is -0.395 e. The van der Waals surface area contributed by atoms with Gasteiger partial charge < -0.3 is 15.7 Å². The van der Waals surface area contributed by atoms with E-state index in [-0.39, 0.29) is 12.4 Å². The molecule has 2 aromatic rings. The van der Waals surface area contributed by atoms with Gasteiger partial charge in [0.2, 0.25) is 0 Å². The highest BCUT2D eigenvalue weighted by molar-refractivity contribution is 5.56. The first kappa shape index (κ1) is 15.5. The van der Waals surface area contributed by atoms with Crippen LogP contribution in [0, 0.1) is 5.82 Å². The van der Waals surface area contributed by atoms with E-state index in [9.17, 15) is 9.50 Å². The van der Waals surface area contributed by atoms with Gasteiger partial charge in [-0.05, 0) is 24.6 Å². The number of nitrogens with two attached hydrogens (primary N) is 1. The number of hydrogen-bond donors (Lipinski definition) is 2. The number of benzene rings is 2. The second-order valence-electron chi connectivity index (χ2n) is 5.09. The molecule has 0 heterocycles. The molecule has 0 radical (unpaired) electrons. The lowest BCUT2D eigenvalue weighted by Gasteiger charge is -2.28. The van der Waals surface area contributed by atoms with Crippen LogP contribution in [0.4, 0.5) is 10.1 Å². The Hall–Kier alpha value is -1.91. The summed E-state index contributed by atoms with van der Waals surface area (Å²) in [5, 5.41) is 9.31. The molecule has 0 saturated carbocycles. The Labute approximate surface area is 124 Å². The summed E-state index contributed by atoms with van der Waals surface area (Å²) in [4.78, 5) is 1.96. The fourth-order valence-electron chi connectivity index (χ4n) is 2.46. The SMILES string of the molecule is C[C@@H](N)c1c(F)cccc1N(CCO)Cc1ccccc1. The summed E-state index contributed by atoms with van der Waals surface area (Å²) >= 11 is 0. The van der Waals surface area contributed by atoms with E-state index in [1.165, 1.54) is 6.07 Å². The summed E-state index contributed by atoms with van der Waals surface area (Å²) in [5.74, 6) is -0.307. The van der Waals surface area contributed by atoms with Gasteiger partial charge in [0.25, 0.3) is 0 Å². The van der Waals surface area contributed by atoms with Crippen LogP contribution in [0.2, 0.25) is 0 Å². The fourth-order valence-corrected chi connectivity index (χ4v) is 2.46. The lowest BCUT2D eigenvalue weighted by molar-refractivity contribution is 0.301. The quantitative estimate of drug-likeness (QED) is 0.859. The predicted molar refractivity (Wildman–Crippen MR) is 83.6 cm³/mol. The molecule has 0 aromatic heterocycles. The van der Waals surface area contributed by atoms with Gasteiger partial charge in [0.1, 0.15) is 5.82 Å². The highest BCUT2D eigenvalue weighted by Crippen LogP contribution is 2.28. The summed E-state index contributed by atoms with van der Waals surface area (Å²) < 4.78 is 14.1. The highest BCUT2D eigenvalue weighted by Gasteiger charge is 2.17. The number of rotatable bonds is 6. The van der Waals surface area contributed by atoms with Crippen LogP contribution in [0.15, 0.2) is 48.5 Å². The van der Waals surface area contributed by atoms with Crippen molar-refractivity contribution in [3.05, 3.63) is 65.5 Å². The Morgan fingerprint density at radius 3 is 2.48 bits per heavy atom. The Morgan fingerprint density at radius 2 is 1.86 bits per heavy atom. The van der Waals surface area contributed by atoms with Crippen LogP contribution in [0.25, 0.3) is 0 Å². The number of hydrogen-bond acceptors (Lipinski definition) is 3. The lowest BCUT2D eigenvalue weighted by Crippen LogP contribution is -2.28. The number of anilines is 1. The molecule has 1 atom stereocenters. The molecule has 0 aliphatic carbocycles. The maximum atomic E-state index is 14.1. The van der Waals surface area contributed by atoms with Gasteiger partial charge >= 0.3 is 0 Å². The molecule has 0 fully saturated rings. The van der Waals surface area contributed by atoms with E-state index < -0.39 is 6.04 Å². The minimum absolute atomic E-state index is 0.00173. The first-order valence-corrected chi connectivity index (χ1v) is 7.07. The van der Waals surface area contributed by atoms with Crippen molar-refractivity contribution in [2.45, 2.75) is 19.5 Å². The first-order chi connectivity index (χ1) is 10.1. The molecule has 0 saturated heterocycles. The van der Waals surface area contributed by atoms with E-state index in [1.54, 1.807) is 13.0 Å². The maximum Gasteiger partial charge on any atom is 0.130 e. The smallest absolute Gasteiger partial charge is 0.130 e. The van der Waals surface area contributed by atoms with E-state index in [0.29, 0.717) is 18.7 Å². The first-order valence-electron chi connectivity index (χ1n) is 7.07. The second kappa shape index (κ2) is 7.20. The summed E-state index contributed by atoms with van der Waals surface area (Å²) in [6, 6.07) is 14.4. The molecule has 0 amide bonds. The molecule has 3 nitrogen and oxygen atoms in total. The molecule has 0 aliphatic heterocycles. The standard InChI is InChI=1S/C17H21FN2O/c1-13(19)17-15(18)8-5-9-16(17)20(10-11-21)12-14-6-3-2-4-7-14/h2-9,13,21H,10-12,19H2,1H3/t13-/m1/s1. The van der Waals surface area contributed by atoms with Crippen molar-refractivity contribution in [3.8, 4) is 0 Å². The number of halogens is 1.